The van der Waals surface area contributed by atoms with Gasteiger partial charge in [-0.25, -0.2) is 9.59 Å². The van der Waals surface area contributed by atoms with Crippen LogP contribution in [0, 0.1) is 23.7 Å². The van der Waals surface area contributed by atoms with Gasteiger partial charge in [-0.15, -0.1) is 0 Å². The highest BCUT2D eigenvalue weighted by atomic mass is 28.4. The smallest absolute Gasteiger partial charge is 0.408 e. The van der Waals surface area contributed by atoms with Crippen molar-refractivity contribution in [3.8, 4) is 0 Å². The van der Waals surface area contributed by atoms with Gasteiger partial charge in [-0.2, -0.15) is 0 Å². The molecule has 0 saturated heterocycles. The molecule has 6 N–H and O–H groups in total. The SMILES string of the molecule is C=CCOC(=O)[C@H](CC(C)C)NC(=O)[C@@H](NC(=O)[C@@H](NC(=O)[C@H](CC(C)C)NC(=O)[C@@H](CC(C)C)NC(=O)OC(C)(C)C)[C@H](O)c1ccccc1)[C@H](O[Si](C)(C)C(C)(C)C)C(C)C. The zero-order valence-corrected chi connectivity index (χ0v) is 42.0. The molecule has 0 aliphatic heterocycles. The van der Waals surface area contributed by atoms with E-state index in [1.54, 1.807) is 51.1 Å². The van der Waals surface area contributed by atoms with Crippen molar-refractivity contribution in [1.29, 1.82) is 0 Å². The number of hydrogen-bond donors (Lipinski definition) is 6. The van der Waals surface area contributed by atoms with Crippen molar-refractivity contribution in [2.24, 2.45) is 23.7 Å². The van der Waals surface area contributed by atoms with Crippen molar-refractivity contribution >= 4 is 44.0 Å². The number of esters is 1. The van der Waals surface area contributed by atoms with Gasteiger partial charge in [0, 0.05) is 0 Å². The molecule has 63 heavy (non-hydrogen) atoms. The van der Waals surface area contributed by atoms with Crippen LogP contribution in [0.15, 0.2) is 43.0 Å². The van der Waals surface area contributed by atoms with Gasteiger partial charge < -0.3 is 45.6 Å². The molecular weight excluding hydrogens is 823 g/mol. The number of hydrogen-bond acceptors (Lipinski definition) is 10. The highest BCUT2D eigenvalue weighted by Crippen LogP contribution is 2.38. The summed E-state index contributed by atoms with van der Waals surface area (Å²) in [4.78, 5) is 83.7. The first-order valence-electron chi connectivity index (χ1n) is 22.3. The molecule has 0 unspecified atom stereocenters. The molecule has 0 radical (unpaired) electrons. The maximum absolute atomic E-state index is 14.8. The summed E-state index contributed by atoms with van der Waals surface area (Å²) in [7, 11) is -2.64. The van der Waals surface area contributed by atoms with Crippen LogP contribution in [0.4, 0.5) is 4.79 Å². The third-order valence-corrected chi connectivity index (χ3v) is 15.0. The Balaban J connectivity index is 3.86. The molecule has 0 aliphatic rings. The summed E-state index contributed by atoms with van der Waals surface area (Å²) in [6.07, 6.45) is -1.32. The fourth-order valence-corrected chi connectivity index (χ4v) is 7.79. The minimum Gasteiger partial charge on any atom is -0.460 e. The molecule has 1 rings (SSSR count). The molecule has 16 heteroatoms. The highest BCUT2D eigenvalue weighted by Gasteiger charge is 2.45. The molecule has 0 spiro atoms. The zero-order valence-electron chi connectivity index (χ0n) is 41.0. The van der Waals surface area contributed by atoms with Crippen LogP contribution in [-0.4, -0.2) is 97.6 Å². The quantitative estimate of drug-likeness (QED) is 0.0379. The molecule has 0 heterocycles. The third kappa shape index (κ3) is 20.0. The summed E-state index contributed by atoms with van der Waals surface area (Å²) in [6.45, 7) is 33.8. The first kappa shape index (κ1) is 56.7. The monoisotopic (exact) mass is 904 g/mol. The second-order valence-corrected chi connectivity index (χ2v) is 25.3. The second-order valence-electron chi connectivity index (χ2n) is 20.5. The lowest BCUT2D eigenvalue weighted by molar-refractivity contribution is -0.148. The van der Waals surface area contributed by atoms with E-state index in [2.05, 4.69) is 33.2 Å². The van der Waals surface area contributed by atoms with Crippen molar-refractivity contribution in [3.63, 3.8) is 0 Å². The number of amides is 5. The Morgan fingerprint density at radius 3 is 1.57 bits per heavy atom. The van der Waals surface area contributed by atoms with Crippen molar-refractivity contribution in [1.82, 2.24) is 26.6 Å². The number of nitrogens with one attached hydrogen (secondary N) is 5. The largest absolute Gasteiger partial charge is 0.460 e. The minimum absolute atomic E-state index is 0.0268. The highest BCUT2D eigenvalue weighted by molar-refractivity contribution is 6.74. The molecule has 15 nitrogen and oxygen atoms in total. The maximum atomic E-state index is 14.8. The molecule has 7 atom stereocenters. The Morgan fingerprint density at radius 2 is 1.11 bits per heavy atom. The van der Waals surface area contributed by atoms with E-state index in [1.165, 1.54) is 6.08 Å². The van der Waals surface area contributed by atoms with E-state index >= 15 is 0 Å². The van der Waals surface area contributed by atoms with Gasteiger partial charge in [-0.3, -0.25) is 19.2 Å². The van der Waals surface area contributed by atoms with Gasteiger partial charge in [0.05, 0.1) is 6.10 Å². The van der Waals surface area contributed by atoms with Crippen LogP contribution in [0.3, 0.4) is 0 Å². The summed E-state index contributed by atoms with van der Waals surface area (Å²) in [5.74, 6) is -4.27. The number of aliphatic hydroxyl groups is 1. The number of rotatable bonds is 24. The fourth-order valence-electron chi connectivity index (χ4n) is 6.35. The van der Waals surface area contributed by atoms with Crippen LogP contribution in [0.25, 0.3) is 0 Å². The summed E-state index contributed by atoms with van der Waals surface area (Å²) in [5.41, 5.74) is -0.529. The number of ether oxygens (including phenoxy) is 2. The van der Waals surface area contributed by atoms with E-state index in [0.29, 0.717) is 5.56 Å². The minimum atomic E-state index is -2.64. The van der Waals surface area contributed by atoms with E-state index in [1.807, 2.05) is 89.3 Å². The second kappa shape index (κ2) is 25.3. The molecule has 5 amide bonds. The molecule has 1 aromatic carbocycles. The predicted octanol–water partition coefficient (Wildman–Crippen LogP) is 6.47. The fraction of sp³-hybridized carbons (Fsp3) is 0.702. The van der Waals surface area contributed by atoms with E-state index in [9.17, 15) is 33.9 Å². The molecule has 0 aliphatic carbocycles. The Bertz CT molecular complexity index is 1660. The lowest BCUT2D eigenvalue weighted by Gasteiger charge is -2.43. The van der Waals surface area contributed by atoms with Gasteiger partial charge in [0.1, 0.15) is 48.5 Å². The number of aliphatic hydroxyl groups excluding tert-OH is 1. The summed E-state index contributed by atoms with van der Waals surface area (Å²) in [6, 6.07) is 1.79. The van der Waals surface area contributed by atoms with Crippen LogP contribution < -0.4 is 26.6 Å². The summed E-state index contributed by atoms with van der Waals surface area (Å²) in [5, 5.41) is 25.3. The predicted molar refractivity (Wildman–Crippen MR) is 249 cm³/mol. The van der Waals surface area contributed by atoms with Crippen LogP contribution in [0.5, 0.6) is 0 Å². The molecule has 0 bridgehead atoms. The Morgan fingerprint density at radius 1 is 0.667 bits per heavy atom. The van der Waals surface area contributed by atoms with Crippen molar-refractivity contribution in [2.75, 3.05) is 6.61 Å². The number of carbonyl (C=O) groups is 6. The average molecular weight is 904 g/mol. The maximum Gasteiger partial charge on any atom is 0.408 e. The first-order valence-corrected chi connectivity index (χ1v) is 25.2. The van der Waals surface area contributed by atoms with Crippen LogP contribution >= 0.6 is 0 Å². The molecular formula is C47H81N5O10Si. The van der Waals surface area contributed by atoms with Gasteiger partial charge in [0.15, 0.2) is 8.32 Å². The number of benzene rings is 1. The Labute approximate surface area is 378 Å². The molecule has 1 aromatic rings. The summed E-state index contributed by atoms with van der Waals surface area (Å²) >= 11 is 0. The van der Waals surface area contributed by atoms with E-state index in [-0.39, 0.29) is 54.6 Å². The molecule has 0 saturated carbocycles. The van der Waals surface area contributed by atoms with Gasteiger partial charge in [-0.1, -0.05) is 119 Å². The lowest BCUT2D eigenvalue weighted by atomic mass is 9.95. The van der Waals surface area contributed by atoms with Crippen LogP contribution in [0.2, 0.25) is 18.1 Å². The van der Waals surface area contributed by atoms with E-state index < -0.39 is 92.0 Å². The van der Waals surface area contributed by atoms with Crippen molar-refractivity contribution in [2.45, 2.75) is 182 Å². The van der Waals surface area contributed by atoms with Crippen molar-refractivity contribution in [3.05, 3.63) is 48.6 Å². The molecule has 358 valence electrons. The Hall–Kier alpha value is -4.28. The normalized spacial score (nSPS) is 15.6. The Kier molecular flexibility index (Phi) is 22.8. The van der Waals surface area contributed by atoms with Gasteiger partial charge in [0.2, 0.25) is 23.6 Å². The zero-order chi connectivity index (χ0) is 48.6. The topological polar surface area (TPSA) is 210 Å². The molecule has 0 fully saturated rings. The van der Waals surface area contributed by atoms with E-state index in [4.69, 9.17) is 13.9 Å². The first-order chi connectivity index (χ1) is 28.9. The van der Waals surface area contributed by atoms with Crippen LogP contribution in [0.1, 0.15) is 128 Å². The van der Waals surface area contributed by atoms with Crippen molar-refractivity contribution < 1.29 is 47.8 Å². The number of alkyl carbamates (subject to hydrolysis) is 1. The third-order valence-electron chi connectivity index (χ3n) is 10.5. The molecule has 0 aromatic heterocycles. The average Bonchev–Trinajstić information content (AvgIpc) is 3.14. The van der Waals surface area contributed by atoms with Gasteiger partial charge >= 0.3 is 12.1 Å². The van der Waals surface area contributed by atoms with E-state index in [0.717, 1.165) is 0 Å². The van der Waals surface area contributed by atoms with Gasteiger partial charge in [0.25, 0.3) is 0 Å². The van der Waals surface area contributed by atoms with Gasteiger partial charge in [-0.05, 0) is 87.4 Å². The number of carbonyl (C=O) groups excluding carboxylic acids is 6. The summed E-state index contributed by atoms with van der Waals surface area (Å²) < 4.78 is 17.6. The lowest BCUT2D eigenvalue weighted by Crippen LogP contribution is -2.64. The standard InChI is InChI=1S/C47H81N5O10Si/c1-18-24-60-44(58)35(27-30(6)7)49-43(57)37(39(31(8)9)62-63(16,17)47(13,14)15)52-42(56)36(38(53)32-22-20-19-21-23-32)51-41(55)33(25-28(2)3)48-40(54)34(26-29(4)5)50-45(59)61-46(10,11)12/h18-23,28-31,33-39,53H,1,24-27H2,2-17H3,(H,48,54)(H,49,57)(H,50,59)(H,51,55)(H,52,56)/t33-,34+,35-,36-,37-,38+,39+/m0/s1. The van der Waals surface area contributed by atoms with Crippen LogP contribution in [-0.2, 0) is 37.9 Å².